The van der Waals surface area contributed by atoms with E-state index in [1.165, 1.54) is 0 Å². The van der Waals surface area contributed by atoms with Gasteiger partial charge >= 0.3 is 0 Å². The van der Waals surface area contributed by atoms with Crippen LogP contribution in [-0.2, 0) is 0 Å². The highest BCUT2D eigenvalue weighted by atomic mass is 127. The summed E-state index contributed by atoms with van der Waals surface area (Å²) in [4.78, 5) is 13.9. The van der Waals surface area contributed by atoms with Crippen LogP contribution in [0.5, 0.6) is 0 Å². The van der Waals surface area contributed by atoms with E-state index < -0.39 is 0 Å². The molecule has 2 aromatic rings. The summed E-state index contributed by atoms with van der Waals surface area (Å²) in [5, 5.41) is 6.40. The number of hydrogen-bond donors (Lipinski definition) is 2. The standard InChI is InChI=1S/C11H8IN3OS/c12-8-3-1-2-7(6-8)4-5-9-10(16)13-11(17)15-14-9/h1-6H,(H2,13,15,16,17)/b5-4+. The molecular formula is C11H8IN3OS. The lowest BCUT2D eigenvalue weighted by molar-refractivity contribution is 0.912. The van der Waals surface area contributed by atoms with Crippen molar-refractivity contribution in [1.82, 2.24) is 15.2 Å². The van der Waals surface area contributed by atoms with Crippen LogP contribution in [0.4, 0.5) is 0 Å². The van der Waals surface area contributed by atoms with Crippen molar-refractivity contribution < 1.29 is 0 Å². The SMILES string of the molecule is O=c1[nH]c(=S)[nH]nc1/C=C/c1cccc(I)c1. The van der Waals surface area contributed by atoms with E-state index in [1.807, 2.05) is 30.3 Å². The Morgan fingerprint density at radius 2 is 2.18 bits per heavy atom. The Kier molecular flexibility index (Phi) is 3.85. The molecule has 0 aliphatic carbocycles. The molecule has 1 heterocycles. The van der Waals surface area contributed by atoms with Crippen LogP contribution >= 0.6 is 34.8 Å². The highest BCUT2D eigenvalue weighted by Gasteiger charge is 1.96. The van der Waals surface area contributed by atoms with Gasteiger partial charge in [0.25, 0.3) is 5.56 Å². The molecule has 0 bridgehead atoms. The van der Waals surface area contributed by atoms with Crippen molar-refractivity contribution >= 4 is 47.0 Å². The molecule has 0 unspecified atom stereocenters. The molecule has 0 atom stereocenters. The Morgan fingerprint density at radius 3 is 2.88 bits per heavy atom. The average Bonchev–Trinajstić information content (AvgIpc) is 2.28. The predicted molar refractivity (Wildman–Crippen MR) is 78.1 cm³/mol. The Hall–Kier alpha value is -1.28. The van der Waals surface area contributed by atoms with Gasteiger partial charge < -0.3 is 0 Å². The van der Waals surface area contributed by atoms with Crippen LogP contribution in [0.1, 0.15) is 11.3 Å². The number of halogens is 1. The van der Waals surface area contributed by atoms with Crippen molar-refractivity contribution in [3.8, 4) is 0 Å². The summed E-state index contributed by atoms with van der Waals surface area (Å²) >= 11 is 6.99. The van der Waals surface area contributed by atoms with E-state index >= 15 is 0 Å². The first kappa shape index (κ1) is 12.2. The van der Waals surface area contributed by atoms with E-state index in [0.717, 1.165) is 9.13 Å². The van der Waals surface area contributed by atoms with E-state index in [4.69, 9.17) is 12.2 Å². The van der Waals surface area contributed by atoms with Crippen molar-refractivity contribution in [1.29, 1.82) is 0 Å². The fraction of sp³-hybridized carbons (Fsp3) is 0. The van der Waals surface area contributed by atoms with E-state index in [9.17, 15) is 4.79 Å². The molecule has 0 saturated heterocycles. The first-order valence-corrected chi connectivity index (χ1v) is 6.26. The van der Waals surface area contributed by atoms with Crippen LogP contribution in [-0.4, -0.2) is 15.2 Å². The summed E-state index contributed by atoms with van der Waals surface area (Å²) in [5.74, 6) is 0. The van der Waals surface area contributed by atoms with Crippen LogP contribution in [0.2, 0.25) is 0 Å². The highest BCUT2D eigenvalue weighted by Crippen LogP contribution is 2.09. The van der Waals surface area contributed by atoms with Gasteiger partial charge in [0.2, 0.25) is 0 Å². The third-order valence-corrected chi connectivity index (χ3v) is 2.88. The van der Waals surface area contributed by atoms with E-state index in [-0.39, 0.29) is 10.3 Å². The minimum atomic E-state index is -0.296. The Labute approximate surface area is 116 Å². The number of nitrogens with one attached hydrogen (secondary N) is 2. The van der Waals surface area contributed by atoms with Gasteiger partial charge in [0.1, 0.15) is 5.69 Å². The first-order valence-electron chi connectivity index (χ1n) is 4.78. The van der Waals surface area contributed by atoms with Crippen LogP contribution in [0.25, 0.3) is 12.2 Å². The van der Waals surface area contributed by atoms with Crippen LogP contribution < -0.4 is 5.56 Å². The van der Waals surface area contributed by atoms with Gasteiger partial charge in [-0.1, -0.05) is 18.2 Å². The van der Waals surface area contributed by atoms with Crippen LogP contribution in [0.3, 0.4) is 0 Å². The largest absolute Gasteiger partial charge is 0.296 e. The molecule has 0 aliphatic heterocycles. The van der Waals surface area contributed by atoms with Gasteiger partial charge in [-0.15, -0.1) is 0 Å². The van der Waals surface area contributed by atoms with Crippen LogP contribution in [0, 0.1) is 8.34 Å². The zero-order valence-corrected chi connectivity index (χ0v) is 11.6. The van der Waals surface area contributed by atoms with E-state index in [2.05, 4.69) is 37.8 Å². The molecule has 0 spiro atoms. The second kappa shape index (κ2) is 5.37. The predicted octanol–water partition coefficient (Wildman–Crippen LogP) is 2.60. The monoisotopic (exact) mass is 357 g/mol. The molecule has 17 heavy (non-hydrogen) atoms. The zero-order valence-electron chi connectivity index (χ0n) is 8.61. The number of rotatable bonds is 2. The van der Waals surface area contributed by atoms with Gasteiger partial charge in [-0.25, -0.2) is 0 Å². The molecule has 1 aromatic carbocycles. The number of aromatic amines is 2. The van der Waals surface area contributed by atoms with Crippen molar-refractivity contribution in [2.45, 2.75) is 0 Å². The summed E-state index contributed by atoms with van der Waals surface area (Å²) in [6.45, 7) is 0. The molecule has 1 aromatic heterocycles. The number of H-pyrrole nitrogens is 2. The topological polar surface area (TPSA) is 61.5 Å². The number of benzene rings is 1. The lowest BCUT2D eigenvalue weighted by Gasteiger charge is -1.94. The molecule has 0 fully saturated rings. The number of aromatic nitrogens is 3. The molecule has 0 amide bonds. The van der Waals surface area contributed by atoms with E-state index in [1.54, 1.807) is 6.08 Å². The minimum Gasteiger partial charge on any atom is -0.296 e. The van der Waals surface area contributed by atoms with Crippen molar-refractivity contribution in [3.63, 3.8) is 0 Å². The second-order valence-corrected chi connectivity index (χ2v) is 4.93. The third kappa shape index (κ3) is 3.34. The molecular weight excluding hydrogens is 349 g/mol. The number of hydrogen-bond acceptors (Lipinski definition) is 3. The fourth-order valence-corrected chi connectivity index (χ4v) is 1.96. The highest BCUT2D eigenvalue weighted by molar-refractivity contribution is 14.1. The van der Waals surface area contributed by atoms with Gasteiger partial charge in [0.05, 0.1) is 0 Å². The third-order valence-electron chi connectivity index (χ3n) is 2.02. The van der Waals surface area contributed by atoms with Crippen molar-refractivity contribution in [2.75, 3.05) is 0 Å². The smallest absolute Gasteiger partial charge is 0.277 e. The van der Waals surface area contributed by atoms with Gasteiger partial charge in [-0.05, 0) is 58.6 Å². The maximum Gasteiger partial charge on any atom is 0.277 e. The molecule has 0 saturated carbocycles. The maximum atomic E-state index is 11.5. The average molecular weight is 357 g/mol. The molecule has 6 heteroatoms. The molecule has 4 nitrogen and oxygen atoms in total. The first-order chi connectivity index (χ1) is 8.15. The van der Waals surface area contributed by atoms with Gasteiger partial charge in [-0.2, -0.15) is 5.10 Å². The normalized spacial score (nSPS) is 10.9. The maximum absolute atomic E-state index is 11.5. The van der Waals surface area contributed by atoms with Gasteiger partial charge in [0.15, 0.2) is 4.77 Å². The quantitative estimate of drug-likeness (QED) is 0.642. The minimum absolute atomic E-state index is 0.224. The molecule has 86 valence electrons. The lowest BCUT2D eigenvalue weighted by atomic mass is 10.2. The lowest BCUT2D eigenvalue weighted by Crippen LogP contribution is -2.12. The summed E-state index contributed by atoms with van der Waals surface area (Å²) < 4.78 is 1.36. The van der Waals surface area contributed by atoms with Gasteiger partial charge in [-0.3, -0.25) is 14.9 Å². The molecule has 0 aliphatic rings. The Balaban J connectivity index is 2.32. The molecule has 2 N–H and O–H groups in total. The van der Waals surface area contributed by atoms with Gasteiger partial charge in [0, 0.05) is 3.57 Å². The van der Waals surface area contributed by atoms with Crippen molar-refractivity contribution in [2.24, 2.45) is 0 Å². The summed E-state index contributed by atoms with van der Waals surface area (Å²) in [6.07, 6.45) is 3.48. The molecule has 0 radical (unpaired) electrons. The summed E-state index contributed by atoms with van der Waals surface area (Å²) in [7, 11) is 0. The fourth-order valence-electron chi connectivity index (χ4n) is 1.26. The second-order valence-electron chi connectivity index (χ2n) is 3.28. The molecule has 2 rings (SSSR count). The van der Waals surface area contributed by atoms with E-state index in [0.29, 0.717) is 5.69 Å². The number of nitrogens with zero attached hydrogens (tertiary/aromatic N) is 1. The Bertz CT molecular complexity index is 675. The van der Waals surface area contributed by atoms with Crippen molar-refractivity contribution in [3.05, 3.63) is 54.2 Å². The summed E-state index contributed by atoms with van der Waals surface area (Å²) in [5.41, 5.74) is 1.02. The van der Waals surface area contributed by atoms with Crippen LogP contribution in [0.15, 0.2) is 29.1 Å². The Morgan fingerprint density at radius 1 is 1.35 bits per heavy atom. The zero-order chi connectivity index (χ0) is 12.3. The summed E-state index contributed by atoms with van der Waals surface area (Å²) in [6, 6.07) is 7.93.